The molecule has 2 amide bonds. The Kier molecular flexibility index (Phi) is 6.00. The van der Waals surface area contributed by atoms with Gasteiger partial charge in [-0.2, -0.15) is 15.5 Å². The largest absolute Gasteiger partial charge is 0.341 e. The Bertz CT molecular complexity index is 1340. The first-order valence-corrected chi connectivity index (χ1v) is 11.3. The molecule has 0 radical (unpaired) electrons. The zero-order valence-electron chi connectivity index (χ0n) is 18.7. The molecule has 3 aromatic rings. The zero-order chi connectivity index (χ0) is 24.5. The van der Waals surface area contributed by atoms with Crippen LogP contribution in [-0.4, -0.2) is 73.1 Å². The second-order valence-electron chi connectivity index (χ2n) is 8.11. The standard InChI is InChI=1S/C22H20ClFN10O/c1-31-20(27-13-29-31)19-17(23)12-26-21(30-19)32-4-6-33(7-5-32)22(35)34-18(2-3-28-34)15-8-14(11-25)9-16(24)10-15/h3,8-10,12-13,18H,2,4-7H2,1H3/t18-/m0/s1. The third kappa shape index (κ3) is 4.38. The number of carbonyl (C=O) groups excluding carboxylic acids is 1. The fourth-order valence-electron chi connectivity index (χ4n) is 4.16. The van der Waals surface area contributed by atoms with Crippen LogP contribution in [0.3, 0.4) is 0 Å². The van der Waals surface area contributed by atoms with Crippen molar-refractivity contribution >= 4 is 29.8 Å². The van der Waals surface area contributed by atoms with Gasteiger partial charge >= 0.3 is 6.03 Å². The number of nitriles is 1. The number of carbonyl (C=O) groups is 1. The van der Waals surface area contributed by atoms with E-state index in [0.717, 1.165) is 0 Å². The molecule has 1 fully saturated rings. The highest BCUT2D eigenvalue weighted by molar-refractivity contribution is 6.32. The molecule has 0 unspecified atom stereocenters. The molecule has 1 atom stereocenters. The predicted molar refractivity (Wildman–Crippen MR) is 125 cm³/mol. The van der Waals surface area contributed by atoms with Crippen LogP contribution < -0.4 is 4.90 Å². The number of piperazine rings is 1. The number of hydrazone groups is 1. The highest BCUT2D eigenvalue weighted by Crippen LogP contribution is 2.31. The maximum Gasteiger partial charge on any atom is 0.341 e. The van der Waals surface area contributed by atoms with Gasteiger partial charge in [-0.05, 0) is 23.8 Å². The van der Waals surface area contributed by atoms with Crippen LogP contribution in [0.15, 0.2) is 35.8 Å². The number of rotatable bonds is 3. The van der Waals surface area contributed by atoms with E-state index in [4.69, 9.17) is 16.9 Å². The van der Waals surface area contributed by atoms with Crippen LogP contribution in [0.1, 0.15) is 23.6 Å². The molecule has 1 saturated heterocycles. The van der Waals surface area contributed by atoms with Gasteiger partial charge in [0.05, 0.1) is 28.9 Å². The van der Waals surface area contributed by atoms with Gasteiger partial charge in [0, 0.05) is 45.9 Å². The van der Waals surface area contributed by atoms with Gasteiger partial charge in [-0.15, -0.1) is 0 Å². The molecule has 35 heavy (non-hydrogen) atoms. The Labute approximate surface area is 205 Å². The number of anilines is 1. The Morgan fingerprint density at radius 1 is 1.20 bits per heavy atom. The number of urea groups is 1. The lowest BCUT2D eigenvalue weighted by Crippen LogP contribution is -2.52. The lowest BCUT2D eigenvalue weighted by molar-refractivity contribution is 0.139. The van der Waals surface area contributed by atoms with Crippen molar-refractivity contribution in [1.29, 1.82) is 5.26 Å². The van der Waals surface area contributed by atoms with Crippen molar-refractivity contribution in [1.82, 2.24) is 34.6 Å². The van der Waals surface area contributed by atoms with Gasteiger partial charge in [0.2, 0.25) is 5.95 Å². The summed E-state index contributed by atoms with van der Waals surface area (Å²) in [4.78, 5) is 30.1. The van der Waals surface area contributed by atoms with Crippen LogP contribution in [0.2, 0.25) is 5.02 Å². The summed E-state index contributed by atoms with van der Waals surface area (Å²) < 4.78 is 15.6. The topological polar surface area (TPSA) is 119 Å². The van der Waals surface area contributed by atoms with Crippen LogP contribution in [0, 0.1) is 17.1 Å². The van der Waals surface area contributed by atoms with Crippen molar-refractivity contribution in [3.05, 3.63) is 52.7 Å². The molecule has 0 saturated carbocycles. The number of amides is 2. The minimum absolute atomic E-state index is 0.205. The fraction of sp³-hybridized carbons (Fsp3) is 0.318. The molecule has 4 heterocycles. The van der Waals surface area contributed by atoms with Crippen molar-refractivity contribution in [3.63, 3.8) is 0 Å². The molecule has 2 aliphatic rings. The van der Waals surface area contributed by atoms with Crippen LogP contribution >= 0.6 is 11.6 Å². The normalized spacial score (nSPS) is 17.7. The number of nitrogens with zero attached hydrogens (tertiary/aromatic N) is 10. The van der Waals surface area contributed by atoms with Crippen LogP contribution in [-0.2, 0) is 7.05 Å². The number of aryl methyl sites for hydroxylation is 1. The van der Waals surface area contributed by atoms with E-state index in [-0.39, 0.29) is 11.6 Å². The molecule has 13 heteroatoms. The van der Waals surface area contributed by atoms with E-state index in [2.05, 4.69) is 25.2 Å². The molecule has 11 nitrogen and oxygen atoms in total. The number of aromatic nitrogens is 5. The Hall–Kier alpha value is -4.11. The smallest absolute Gasteiger partial charge is 0.337 e. The molecule has 0 aliphatic carbocycles. The Balaban J connectivity index is 1.28. The first kappa shape index (κ1) is 22.7. The second kappa shape index (κ2) is 9.27. The minimum Gasteiger partial charge on any atom is -0.337 e. The predicted octanol–water partition coefficient (Wildman–Crippen LogP) is 2.61. The maximum atomic E-state index is 14.0. The Morgan fingerprint density at radius 3 is 2.71 bits per heavy atom. The van der Waals surface area contributed by atoms with Crippen LogP contribution in [0.5, 0.6) is 0 Å². The number of halogens is 2. The second-order valence-corrected chi connectivity index (χ2v) is 8.52. The van der Waals surface area contributed by atoms with Crippen molar-refractivity contribution in [2.45, 2.75) is 12.5 Å². The van der Waals surface area contributed by atoms with Gasteiger partial charge < -0.3 is 9.80 Å². The summed E-state index contributed by atoms with van der Waals surface area (Å²) in [6, 6.07) is 5.31. The van der Waals surface area contributed by atoms with Crippen molar-refractivity contribution in [2.75, 3.05) is 31.1 Å². The van der Waals surface area contributed by atoms with E-state index in [1.165, 1.54) is 29.7 Å². The number of benzene rings is 1. The molecule has 0 N–H and O–H groups in total. The van der Waals surface area contributed by atoms with E-state index in [0.29, 0.717) is 60.7 Å². The van der Waals surface area contributed by atoms with E-state index in [9.17, 15) is 9.18 Å². The highest BCUT2D eigenvalue weighted by atomic mass is 35.5. The third-order valence-electron chi connectivity index (χ3n) is 5.95. The van der Waals surface area contributed by atoms with E-state index in [1.807, 2.05) is 11.0 Å². The maximum absolute atomic E-state index is 14.0. The average Bonchev–Trinajstić information content (AvgIpc) is 3.53. The molecular formula is C22H20ClFN10O. The fourth-order valence-corrected chi connectivity index (χ4v) is 4.34. The molecule has 178 valence electrons. The number of hydrogen-bond acceptors (Lipinski definition) is 8. The van der Waals surface area contributed by atoms with Crippen LogP contribution in [0.25, 0.3) is 11.5 Å². The van der Waals surface area contributed by atoms with Gasteiger partial charge in [-0.25, -0.2) is 33.8 Å². The summed E-state index contributed by atoms with van der Waals surface area (Å²) in [6.07, 6.45) is 5.04. The molecule has 0 bridgehead atoms. The van der Waals surface area contributed by atoms with Gasteiger partial charge in [-0.3, -0.25) is 0 Å². The molecule has 2 aromatic heterocycles. The summed E-state index contributed by atoms with van der Waals surface area (Å²) in [5.74, 6) is 0.498. The van der Waals surface area contributed by atoms with Crippen LogP contribution in [0.4, 0.5) is 15.1 Å². The lowest BCUT2D eigenvalue weighted by Gasteiger charge is -2.37. The minimum atomic E-state index is -0.518. The van der Waals surface area contributed by atoms with E-state index < -0.39 is 11.9 Å². The zero-order valence-corrected chi connectivity index (χ0v) is 19.5. The molecule has 0 spiro atoms. The third-order valence-corrected chi connectivity index (χ3v) is 6.22. The van der Waals surface area contributed by atoms with E-state index >= 15 is 0 Å². The van der Waals surface area contributed by atoms with Crippen molar-refractivity contribution in [3.8, 4) is 17.6 Å². The monoisotopic (exact) mass is 494 g/mol. The first-order chi connectivity index (χ1) is 16.9. The summed E-state index contributed by atoms with van der Waals surface area (Å²) in [5.41, 5.74) is 1.23. The summed E-state index contributed by atoms with van der Waals surface area (Å²) in [6.45, 7) is 1.86. The molecule has 2 aliphatic heterocycles. The Morgan fingerprint density at radius 2 is 2.00 bits per heavy atom. The molecular weight excluding hydrogens is 475 g/mol. The molecule has 1 aromatic carbocycles. The van der Waals surface area contributed by atoms with Gasteiger partial charge in [0.25, 0.3) is 0 Å². The lowest BCUT2D eigenvalue weighted by atomic mass is 10.0. The first-order valence-electron chi connectivity index (χ1n) is 10.9. The van der Waals surface area contributed by atoms with Crippen molar-refractivity contribution < 1.29 is 9.18 Å². The SMILES string of the molecule is Cn1ncnc1-c1nc(N2CCN(C(=O)N3N=CC[C@H]3c3cc(F)cc(C#N)c3)CC2)ncc1Cl. The van der Waals surface area contributed by atoms with E-state index in [1.54, 1.807) is 28.9 Å². The average molecular weight is 495 g/mol. The van der Waals surface area contributed by atoms with Gasteiger partial charge in [0.1, 0.15) is 17.8 Å². The van der Waals surface area contributed by atoms with Crippen molar-refractivity contribution in [2.24, 2.45) is 12.1 Å². The quantitative estimate of drug-likeness (QED) is 0.549. The number of hydrogen-bond donors (Lipinski definition) is 0. The summed E-state index contributed by atoms with van der Waals surface area (Å²) >= 11 is 6.29. The highest BCUT2D eigenvalue weighted by Gasteiger charge is 2.34. The summed E-state index contributed by atoms with van der Waals surface area (Å²) in [5, 5.41) is 19.2. The van der Waals surface area contributed by atoms with Gasteiger partial charge in [0.15, 0.2) is 5.82 Å². The molecule has 5 rings (SSSR count). The van der Waals surface area contributed by atoms with Gasteiger partial charge in [-0.1, -0.05) is 11.6 Å². The summed E-state index contributed by atoms with van der Waals surface area (Å²) in [7, 11) is 1.75.